The first kappa shape index (κ1) is 10.3. The van der Waals surface area contributed by atoms with Crippen LogP contribution in [0, 0.1) is 13.8 Å². The maximum atomic E-state index is 5.93. The minimum atomic E-state index is 0.0497. The summed E-state index contributed by atoms with van der Waals surface area (Å²) in [4.78, 5) is 0. The van der Waals surface area contributed by atoms with Crippen molar-refractivity contribution in [3.63, 3.8) is 0 Å². The molecular formula is C10H14ClNO. The summed E-state index contributed by atoms with van der Waals surface area (Å²) in [5.41, 5.74) is 3.08. The zero-order valence-corrected chi connectivity index (χ0v) is 9.14. The molecule has 1 aromatic rings. The second-order valence-corrected chi connectivity index (χ2v) is 3.90. The Bertz CT molecular complexity index is 306. The van der Waals surface area contributed by atoms with Crippen molar-refractivity contribution < 1.29 is 4.52 Å². The van der Waals surface area contributed by atoms with Crippen LogP contribution in [-0.2, 0) is 0 Å². The summed E-state index contributed by atoms with van der Waals surface area (Å²) < 4.78 is 5.04. The van der Waals surface area contributed by atoms with Crippen molar-refractivity contribution in [3.05, 3.63) is 22.6 Å². The fourth-order valence-corrected chi connectivity index (χ4v) is 1.10. The van der Waals surface area contributed by atoms with E-state index >= 15 is 0 Å². The lowest BCUT2D eigenvalue weighted by Crippen LogP contribution is -1.92. The van der Waals surface area contributed by atoms with Gasteiger partial charge in [0.25, 0.3) is 0 Å². The highest BCUT2D eigenvalue weighted by molar-refractivity contribution is 6.22. The van der Waals surface area contributed by atoms with Crippen LogP contribution < -0.4 is 0 Å². The summed E-state index contributed by atoms with van der Waals surface area (Å²) in [6.45, 7) is 7.78. The monoisotopic (exact) mass is 199 g/mol. The maximum Gasteiger partial charge on any atom is 0.141 e. The van der Waals surface area contributed by atoms with Crippen molar-refractivity contribution in [1.29, 1.82) is 0 Å². The average molecular weight is 200 g/mol. The number of halogens is 1. The molecule has 0 saturated heterocycles. The third-order valence-corrected chi connectivity index (χ3v) is 2.43. The van der Waals surface area contributed by atoms with Crippen LogP contribution in [0.3, 0.4) is 0 Å². The molecule has 0 fully saturated rings. The first-order valence-corrected chi connectivity index (χ1v) is 4.71. The fourth-order valence-electron chi connectivity index (χ4n) is 1.04. The minimum absolute atomic E-state index is 0.0497. The summed E-state index contributed by atoms with van der Waals surface area (Å²) >= 11 is 5.93. The molecule has 1 atom stereocenters. The van der Waals surface area contributed by atoms with Crippen LogP contribution in [-0.4, -0.2) is 10.5 Å². The van der Waals surface area contributed by atoms with Gasteiger partial charge in [0.2, 0.25) is 0 Å². The van der Waals surface area contributed by atoms with Crippen LogP contribution in [0.5, 0.6) is 0 Å². The van der Waals surface area contributed by atoms with Crippen molar-refractivity contribution in [2.24, 2.45) is 0 Å². The van der Waals surface area contributed by atoms with E-state index in [4.69, 9.17) is 16.1 Å². The molecule has 2 nitrogen and oxygen atoms in total. The minimum Gasteiger partial charge on any atom is -0.361 e. The van der Waals surface area contributed by atoms with E-state index in [2.05, 4.69) is 5.16 Å². The van der Waals surface area contributed by atoms with Crippen LogP contribution in [0.2, 0.25) is 0 Å². The zero-order valence-electron chi connectivity index (χ0n) is 8.39. The normalized spacial score (nSPS) is 14.7. The second kappa shape index (κ2) is 3.97. The molecule has 0 bridgehead atoms. The lowest BCUT2D eigenvalue weighted by Gasteiger charge is -2.01. The summed E-state index contributed by atoms with van der Waals surface area (Å²) in [5, 5.41) is 3.92. The Hall–Kier alpha value is -0.760. The van der Waals surface area contributed by atoms with E-state index in [0.717, 1.165) is 22.6 Å². The van der Waals surface area contributed by atoms with Gasteiger partial charge in [-0.15, -0.1) is 11.6 Å². The highest BCUT2D eigenvalue weighted by Gasteiger charge is 2.07. The largest absolute Gasteiger partial charge is 0.361 e. The smallest absolute Gasteiger partial charge is 0.141 e. The number of alkyl halides is 1. The summed E-state index contributed by atoms with van der Waals surface area (Å²) in [6.07, 6.45) is 2.03. The highest BCUT2D eigenvalue weighted by Crippen LogP contribution is 2.19. The molecule has 0 aliphatic rings. The van der Waals surface area contributed by atoms with Crippen LogP contribution >= 0.6 is 11.6 Å². The molecule has 1 unspecified atom stereocenters. The van der Waals surface area contributed by atoms with E-state index in [1.165, 1.54) is 0 Å². The third kappa shape index (κ3) is 2.34. The third-order valence-electron chi connectivity index (χ3n) is 2.09. The van der Waals surface area contributed by atoms with E-state index in [1.807, 2.05) is 33.8 Å². The molecule has 0 aromatic carbocycles. The number of aryl methyl sites for hydroxylation is 2. The zero-order chi connectivity index (χ0) is 10.0. The first-order valence-electron chi connectivity index (χ1n) is 4.27. The van der Waals surface area contributed by atoms with E-state index in [-0.39, 0.29) is 5.38 Å². The first-order chi connectivity index (χ1) is 6.02. The number of rotatable bonds is 2. The predicted octanol–water partition coefficient (Wildman–Crippen LogP) is 3.32. The molecule has 1 aromatic heterocycles. The molecule has 0 N–H and O–H groups in total. The lowest BCUT2D eigenvalue weighted by molar-refractivity contribution is 0.393. The molecule has 0 radical (unpaired) electrons. The van der Waals surface area contributed by atoms with Crippen molar-refractivity contribution in [3.8, 4) is 0 Å². The predicted molar refractivity (Wildman–Crippen MR) is 54.9 cm³/mol. The number of nitrogens with zero attached hydrogens (tertiary/aromatic N) is 1. The molecule has 1 heterocycles. The molecule has 0 aliphatic heterocycles. The van der Waals surface area contributed by atoms with Crippen LogP contribution in [0.15, 0.2) is 10.1 Å². The molecule has 3 heteroatoms. The van der Waals surface area contributed by atoms with Gasteiger partial charge < -0.3 is 4.52 Å². The number of allylic oxidation sites excluding steroid dienone is 1. The SMILES string of the molecule is C/C(=C\c1c(C)noc1C)C(C)Cl. The Morgan fingerprint density at radius 2 is 2.15 bits per heavy atom. The Labute approximate surface area is 83.6 Å². The van der Waals surface area contributed by atoms with Gasteiger partial charge in [-0.2, -0.15) is 0 Å². The van der Waals surface area contributed by atoms with E-state index < -0.39 is 0 Å². The van der Waals surface area contributed by atoms with Gasteiger partial charge in [0.05, 0.1) is 11.1 Å². The van der Waals surface area contributed by atoms with Crippen molar-refractivity contribution in [1.82, 2.24) is 5.16 Å². The molecule has 0 saturated carbocycles. The average Bonchev–Trinajstić information content (AvgIpc) is 2.35. The Kier molecular flexibility index (Phi) is 3.15. The molecule has 0 aliphatic carbocycles. The Balaban J connectivity index is 3.03. The van der Waals surface area contributed by atoms with Crippen LogP contribution in [0.25, 0.3) is 6.08 Å². The maximum absolute atomic E-state index is 5.93. The van der Waals surface area contributed by atoms with Crippen molar-refractivity contribution in [2.45, 2.75) is 33.1 Å². The van der Waals surface area contributed by atoms with E-state index in [1.54, 1.807) is 0 Å². The molecule has 1 rings (SSSR count). The molecule has 0 amide bonds. The Morgan fingerprint density at radius 1 is 1.54 bits per heavy atom. The van der Waals surface area contributed by atoms with Crippen LogP contribution in [0.1, 0.15) is 30.9 Å². The van der Waals surface area contributed by atoms with Crippen LogP contribution in [0.4, 0.5) is 0 Å². The van der Waals surface area contributed by atoms with Gasteiger partial charge in [0.15, 0.2) is 0 Å². The second-order valence-electron chi connectivity index (χ2n) is 3.24. The quantitative estimate of drug-likeness (QED) is 0.683. The molecular weight excluding hydrogens is 186 g/mol. The standard InChI is InChI=1S/C10H14ClNO/c1-6(7(2)11)5-10-8(3)12-13-9(10)4/h5,7H,1-4H3/b6-5+. The fraction of sp³-hybridized carbons (Fsp3) is 0.500. The topological polar surface area (TPSA) is 26.0 Å². The number of hydrogen-bond donors (Lipinski definition) is 0. The van der Waals surface area contributed by atoms with Crippen molar-refractivity contribution >= 4 is 17.7 Å². The van der Waals surface area contributed by atoms with Gasteiger partial charge in [0, 0.05) is 5.56 Å². The number of hydrogen-bond acceptors (Lipinski definition) is 2. The van der Waals surface area contributed by atoms with Gasteiger partial charge >= 0.3 is 0 Å². The van der Waals surface area contributed by atoms with Crippen molar-refractivity contribution in [2.75, 3.05) is 0 Å². The molecule has 13 heavy (non-hydrogen) atoms. The highest BCUT2D eigenvalue weighted by atomic mass is 35.5. The van der Waals surface area contributed by atoms with Gasteiger partial charge in [0.1, 0.15) is 5.76 Å². The Morgan fingerprint density at radius 3 is 2.54 bits per heavy atom. The molecule has 72 valence electrons. The van der Waals surface area contributed by atoms with Gasteiger partial charge in [-0.25, -0.2) is 0 Å². The molecule has 0 spiro atoms. The van der Waals surface area contributed by atoms with Gasteiger partial charge in [-0.3, -0.25) is 0 Å². The van der Waals surface area contributed by atoms with E-state index in [0.29, 0.717) is 0 Å². The summed E-state index contributed by atoms with van der Waals surface area (Å²) in [7, 11) is 0. The number of aromatic nitrogens is 1. The lowest BCUT2D eigenvalue weighted by atomic mass is 10.1. The summed E-state index contributed by atoms with van der Waals surface area (Å²) in [5.74, 6) is 0.842. The summed E-state index contributed by atoms with van der Waals surface area (Å²) in [6, 6.07) is 0. The van der Waals surface area contributed by atoms with Gasteiger partial charge in [-0.1, -0.05) is 10.7 Å². The van der Waals surface area contributed by atoms with Gasteiger partial charge in [-0.05, 0) is 33.8 Å². The van der Waals surface area contributed by atoms with E-state index in [9.17, 15) is 0 Å².